The van der Waals surface area contributed by atoms with Gasteiger partial charge in [0.15, 0.2) is 11.6 Å². The van der Waals surface area contributed by atoms with Gasteiger partial charge in [-0.15, -0.1) is 10.2 Å². The summed E-state index contributed by atoms with van der Waals surface area (Å²) in [6, 6.07) is 8.52. The first-order chi connectivity index (χ1) is 10.6. The van der Waals surface area contributed by atoms with Gasteiger partial charge in [0.1, 0.15) is 0 Å². The second kappa shape index (κ2) is 7.96. The molecule has 0 aliphatic carbocycles. The topological polar surface area (TPSA) is 66.9 Å². The molecule has 0 bridgehead atoms. The van der Waals surface area contributed by atoms with Crippen LogP contribution in [0.3, 0.4) is 0 Å². The molecular weight excluding hydrogens is 323 g/mol. The Labute approximate surface area is 139 Å². The zero-order valence-electron chi connectivity index (χ0n) is 12.1. The molecule has 1 heterocycles. The molecule has 0 spiro atoms. The van der Waals surface area contributed by atoms with Crippen LogP contribution in [0, 0.1) is 0 Å². The van der Waals surface area contributed by atoms with Crippen LogP contribution >= 0.6 is 23.2 Å². The van der Waals surface area contributed by atoms with Crippen molar-refractivity contribution in [3.8, 4) is 0 Å². The lowest BCUT2D eigenvalue weighted by molar-refractivity contribution is -0.116. The number of carbonyl (C=O) groups is 1. The average molecular weight is 339 g/mol. The van der Waals surface area contributed by atoms with Crippen LogP contribution in [0.4, 0.5) is 17.3 Å². The summed E-state index contributed by atoms with van der Waals surface area (Å²) < 4.78 is 0. The number of hydrogen-bond acceptors (Lipinski definition) is 4. The van der Waals surface area contributed by atoms with Crippen LogP contribution in [-0.2, 0) is 4.79 Å². The first kappa shape index (κ1) is 16.5. The SMILES string of the molecule is CCCCC(=O)Nc1ccc(Nc2cc(Cl)cc(Cl)c2)nn1. The molecular formula is C15H16Cl2N4O. The van der Waals surface area contributed by atoms with E-state index in [0.29, 0.717) is 33.8 Å². The summed E-state index contributed by atoms with van der Waals surface area (Å²) in [5, 5.41) is 14.8. The minimum atomic E-state index is -0.0570. The molecule has 1 amide bonds. The highest BCUT2D eigenvalue weighted by Crippen LogP contribution is 2.24. The molecule has 2 N–H and O–H groups in total. The number of hydrogen-bond donors (Lipinski definition) is 2. The largest absolute Gasteiger partial charge is 0.339 e. The van der Waals surface area contributed by atoms with Crippen molar-refractivity contribution in [2.24, 2.45) is 0 Å². The standard InChI is InChI=1S/C15H16Cl2N4O/c1-2-3-4-15(22)19-14-6-5-13(20-21-14)18-12-8-10(16)7-11(17)9-12/h5-9H,2-4H2,1H3,(H,18,20)(H,19,21,22). The van der Waals surface area contributed by atoms with Crippen LogP contribution in [0.25, 0.3) is 0 Å². The molecule has 0 saturated heterocycles. The smallest absolute Gasteiger partial charge is 0.225 e. The van der Waals surface area contributed by atoms with Crippen LogP contribution in [0.1, 0.15) is 26.2 Å². The van der Waals surface area contributed by atoms with Crippen molar-refractivity contribution in [3.63, 3.8) is 0 Å². The fourth-order valence-electron chi connectivity index (χ4n) is 1.78. The maximum absolute atomic E-state index is 11.6. The summed E-state index contributed by atoms with van der Waals surface area (Å²) in [6.45, 7) is 2.04. The Bertz CT molecular complexity index is 626. The Morgan fingerprint density at radius 3 is 2.32 bits per heavy atom. The average Bonchev–Trinajstić information content (AvgIpc) is 2.46. The van der Waals surface area contributed by atoms with Gasteiger partial charge in [0.05, 0.1) is 0 Å². The number of aromatic nitrogens is 2. The molecule has 2 aromatic rings. The molecule has 7 heteroatoms. The fraction of sp³-hybridized carbons (Fsp3) is 0.267. The van der Waals surface area contributed by atoms with E-state index in [0.717, 1.165) is 12.8 Å². The lowest BCUT2D eigenvalue weighted by Crippen LogP contribution is -2.12. The van der Waals surface area contributed by atoms with Crippen molar-refractivity contribution < 1.29 is 4.79 Å². The molecule has 5 nitrogen and oxygen atoms in total. The fourth-order valence-corrected chi connectivity index (χ4v) is 2.31. The molecule has 0 unspecified atom stereocenters. The molecule has 2 rings (SSSR count). The number of carbonyl (C=O) groups excluding carboxylic acids is 1. The van der Waals surface area contributed by atoms with E-state index in [1.807, 2.05) is 6.92 Å². The van der Waals surface area contributed by atoms with Gasteiger partial charge >= 0.3 is 0 Å². The number of anilines is 3. The van der Waals surface area contributed by atoms with Gasteiger partial charge in [-0.25, -0.2) is 0 Å². The zero-order chi connectivity index (χ0) is 15.9. The van der Waals surface area contributed by atoms with Gasteiger partial charge < -0.3 is 10.6 Å². The van der Waals surface area contributed by atoms with Crippen molar-refractivity contribution >= 4 is 46.4 Å². The van der Waals surface area contributed by atoms with Gasteiger partial charge in [0.2, 0.25) is 5.91 Å². The lowest BCUT2D eigenvalue weighted by Gasteiger charge is -2.07. The lowest BCUT2D eigenvalue weighted by atomic mass is 10.2. The summed E-state index contributed by atoms with van der Waals surface area (Å²) in [5.41, 5.74) is 0.714. The monoisotopic (exact) mass is 338 g/mol. The molecule has 1 aromatic carbocycles. The van der Waals surface area contributed by atoms with E-state index in [-0.39, 0.29) is 5.91 Å². The Morgan fingerprint density at radius 2 is 1.73 bits per heavy atom. The third-order valence-electron chi connectivity index (χ3n) is 2.82. The van der Waals surface area contributed by atoms with E-state index >= 15 is 0 Å². The normalized spacial score (nSPS) is 10.3. The molecule has 0 aliphatic heterocycles. The molecule has 116 valence electrons. The molecule has 0 fully saturated rings. The van der Waals surface area contributed by atoms with Crippen molar-refractivity contribution in [2.45, 2.75) is 26.2 Å². The molecule has 0 atom stereocenters. The van der Waals surface area contributed by atoms with Gasteiger partial charge in [0.25, 0.3) is 0 Å². The second-order valence-electron chi connectivity index (χ2n) is 4.74. The second-order valence-corrected chi connectivity index (χ2v) is 5.61. The van der Waals surface area contributed by atoms with E-state index in [1.54, 1.807) is 30.3 Å². The maximum Gasteiger partial charge on any atom is 0.225 e. The first-order valence-electron chi connectivity index (χ1n) is 6.93. The zero-order valence-corrected chi connectivity index (χ0v) is 13.6. The van der Waals surface area contributed by atoms with Crippen LogP contribution < -0.4 is 10.6 Å². The van der Waals surface area contributed by atoms with E-state index in [9.17, 15) is 4.79 Å². The number of unbranched alkanes of at least 4 members (excludes halogenated alkanes) is 1. The highest BCUT2D eigenvalue weighted by atomic mass is 35.5. The van der Waals surface area contributed by atoms with Crippen molar-refractivity contribution in [1.29, 1.82) is 0 Å². The predicted octanol–water partition coefficient (Wildman–Crippen LogP) is 4.66. The predicted molar refractivity (Wildman–Crippen MR) is 89.9 cm³/mol. The van der Waals surface area contributed by atoms with E-state index < -0.39 is 0 Å². The quantitative estimate of drug-likeness (QED) is 0.803. The van der Waals surface area contributed by atoms with Crippen LogP contribution in [0.15, 0.2) is 30.3 Å². The van der Waals surface area contributed by atoms with Crippen LogP contribution in [0.2, 0.25) is 10.0 Å². The van der Waals surface area contributed by atoms with Crippen LogP contribution in [0.5, 0.6) is 0 Å². The summed E-state index contributed by atoms with van der Waals surface area (Å²) in [7, 11) is 0. The van der Waals surface area contributed by atoms with Crippen molar-refractivity contribution in [1.82, 2.24) is 10.2 Å². The molecule has 22 heavy (non-hydrogen) atoms. The van der Waals surface area contributed by atoms with Gasteiger partial charge in [-0.1, -0.05) is 36.5 Å². The maximum atomic E-state index is 11.6. The summed E-state index contributed by atoms with van der Waals surface area (Å²) in [6.07, 6.45) is 2.32. The minimum absolute atomic E-state index is 0.0570. The Kier molecular flexibility index (Phi) is 5.98. The number of benzene rings is 1. The van der Waals surface area contributed by atoms with Gasteiger partial charge in [-0.05, 0) is 36.8 Å². The van der Waals surface area contributed by atoms with E-state index in [1.165, 1.54) is 0 Å². The van der Waals surface area contributed by atoms with Gasteiger partial charge in [-0.2, -0.15) is 0 Å². The Balaban J connectivity index is 1.98. The van der Waals surface area contributed by atoms with E-state index in [4.69, 9.17) is 23.2 Å². The van der Waals surface area contributed by atoms with Crippen molar-refractivity contribution in [2.75, 3.05) is 10.6 Å². The molecule has 0 radical (unpaired) electrons. The number of nitrogens with zero attached hydrogens (tertiary/aromatic N) is 2. The Hall–Kier alpha value is -1.85. The summed E-state index contributed by atoms with van der Waals surface area (Å²) >= 11 is 11.9. The van der Waals surface area contributed by atoms with Gasteiger partial charge in [0, 0.05) is 22.2 Å². The van der Waals surface area contributed by atoms with E-state index in [2.05, 4.69) is 20.8 Å². The third-order valence-corrected chi connectivity index (χ3v) is 3.26. The van der Waals surface area contributed by atoms with Gasteiger partial charge in [-0.3, -0.25) is 4.79 Å². The molecule has 1 aromatic heterocycles. The number of nitrogens with one attached hydrogen (secondary N) is 2. The molecule has 0 aliphatic rings. The van der Waals surface area contributed by atoms with Crippen LogP contribution in [-0.4, -0.2) is 16.1 Å². The highest BCUT2D eigenvalue weighted by molar-refractivity contribution is 6.35. The molecule has 0 saturated carbocycles. The first-order valence-corrected chi connectivity index (χ1v) is 7.69. The minimum Gasteiger partial charge on any atom is -0.339 e. The number of amides is 1. The van der Waals surface area contributed by atoms with Crippen molar-refractivity contribution in [3.05, 3.63) is 40.4 Å². The highest BCUT2D eigenvalue weighted by Gasteiger charge is 2.04. The summed E-state index contributed by atoms with van der Waals surface area (Å²) in [5.74, 6) is 0.902. The number of rotatable bonds is 6. The Morgan fingerprint density at radius 1 is 1.09 bits per heavy atom. The summed E-state index contributed by atoms with van der Waals surface area (Å²) in [4.78, 5) is 11.6. The number of halogens is 2. The third kappa shape index (κ3) is 5.16.